The molecule has 4 aliphatic rings. The molecule has 0 amide bonds. The number of hydrogen-bond donors (Lipinski definition) is 2. The lowest BCUT2D eigenvalue weighted by Gasteiger charge is -2.44. The first kappa shape index (κ1) is 22.3. The topological polar surface area (TPSA) is 40.5 Å². The number of aliphatic hydroxyl groups excluding tert-OH is 1. The summed E-state index contributed by atoms with van der Waals surface area (Å²) >= 11 is 0. The molecule has 0 heterocycles. The van der Waals surface area contributed by atoms with Crippen LogP contribution in [0.25, 0.3) is 0 Å². The van der Waals surface area contributed by atoms with E-state index in [0.29, 0.717) is 35.7 Å². The summed E-state index contributed by atoms with van der Waals surface area (Å²) < 4.78 is 0. The summed E-state index contributed by atoms with van der Waals surface area (Å²) in [6.45, 7) is 11.1. The van der Waals surface area contributed by atoms with Gasteiger partial charge in [0.1, 0.15) is 0 Å². The zero-order valence-electron chi connectivity index (χ0n) is 19.9. The van der Waals surface area contributed by atoms with Gasteiger partial charge in [0.15, 0.2) is 0 Å². The number of aliphatic hydroxyl groups is 2. The molecule has 0 aliphatic heterocycles. The number of allylic oxidation sites excluding steroid dienone is 4. The zero-order chi connectivity index (χ0) is 21.7. The largest absolute Gasteiger partial charge is 0.396 e. The molecule has 168 valence electrons. The first-order valence-electron chi connectivity index (χ1n) is 12.5. The lowest BCUT2D eigenvalue weighted by molar-refractivity contribution is 0.0436. The van der Waals surface area contributed by atoms with E-state index in [0.717, 1.165) is 5.92 Å². The first-order chi connectivity index (χ1) is 14.1. The molecule has 30 heavy (non-hydrogen) atoms. The Hall–Kier alpha value is -0.860. The number of rotatable bonds is 7. The van der Waals surface area contributed by atoms with Crippen LogP contribution in [0.3, 0.4) is 0 Å². The average molecular weight is 413 g/mol. The molecule has 0 aromatic rings. The minimum absolute atomic E-state index is 0.169. The van der Waals surface area contributed by atoms with Gasteiger partial charge >= 0.3 is 0 Å². The number of fused-ring (bicyclic) bond motifs is 2. The highest BCUT2D eigenvalue weighted by atomic mass is 16.3. The van der Waals surface area contributed by atoms with Crippen molar-refractivity contribution in [3.63, 3.8) is 0 Å². The van der Waals surface area contributed by atoms with E-state index in [9.17, 15) is 10.2 Å². The van der Waals surface area contributed by atoms with Gasteiger partial charge in [-0.25, -0.2) is 0 Å². The third kappa shape index (κ3) is 3.77. The lowest BCUT2D eigenvalue weighted by Crippen LogP contribution is -2.36. The fourth-order valence-corrected chi connectivity index (χ4v) is 7.40. The van der Waals surface area contributed by atoms with E-state index in [-0.39, 0.29) is 11.3 Å². The van der Waals surface area contributed by atoms with Gasteiger partial charge in [-0.05, 0) is 87.9 Å². The van der Waals surface area contributed by atoms with Gasteiger partial charge < -0.3 is 10.2 Å². The van der Waals surface area contributed by atoms with Gasteiger partial charge in [-0.1, -0.05) is 56.7 Å². The van der Waals surface area contributed by atoms with E-state index in [1.807, 2.05) is 13.8 Å². The molecule has 0 aromatic carbocycles. The molecule has 0 saturated heterocycles. The van der Waals surface area contributed by atoms with E-state index < -0.39 is 5.60 Å². The SMILES string of the molecule is C[C@H](C=C[C@H](C)C(C)(C)O)[C@H]1CC[C@H]2C(=C[C@@H](CO)[C@@]34C=CC[C@@H]3C4)CCC[C@]12C. The van der Waals surface area contributed by atoms with Crippen molar-refractivity contribution in [1.29, 1.82) is 0 Å². The molecular formula is C28H44O2. The van der Waals surface area contributed by atoms with Crippen molar-refractivity contribution in [2.24, 2.45) is 46.3 Å². The lowest BCUT2D eigenvalue weighted by atomic mass is 9.60. The van der Waals surface area contributed by atoms with Crippen LogP contribution < -0.4 is 0 Å². The van der Waals surface area contributed by atoms with Gasteiger partial charge in [0.05, 0.1) is 12.2 Å². The molecule has 0 unspecified atom stereocenters. The van der Waals surface area contributed by atoms with Gasteiger partial charge in [-0.3, -0.25) is 0 Å². The number of hydrogen-bond acceptors (Lipinski definition) is 2. The Morgan fingerprint density at radius 3 is 2.60 bits per heavy atom. The molecule has 2 nitrogen and oxygen atoms in total. The fourth-order valence-electron chi connectivity index (χ4n) is 7.40. The van der Waals surface area contributed by atoms with Crippen LogP contribution in [0.15, 0.2) is 36.0 Å². The monoisotopic (exact) mass is 412 g/mol. The Morgan fingerprint density at radius 2 is 2.00 bits per heavy atom. The minimum Gasteiger partial charge on any atom is -0.396 e. The third-order valence-corrected chi connectivity index (χ3v) is 9.84. The first-order valence-corrected chi connectivity index (χ1v) is 12.5. The van der Waals surface area contributed by atoms with Crippen LogP contribution in [0.1, 0.15) is 79.6 Å². The smallest absolute Gasteiger partial charge is 0.0651 e. The Balaban J connectivity index is 1.50. The summed E-state index contributed by atoms with van der Waals surface area (Å²) in [7, 11) is 0. The van der Waals surface area contributed by atoms with Crippen LogP contribution in [-0.4, -0.2) is 22.4 Å². The molecule has 2 N–H and O–H groups in total. The molecule has 2 heteroatoms. The van der Waals surface area contributed by atoms with Gasteiger partial charge in [0.2, 0.25) is 0 Å². The van der Waals surface area contributed by atoms with Crippen molar-refractivity contribution in [2.45, 2.75) is 85.2 Å². The normalized spacial score (nSPS) is 42.4. The molecule has 3 saturated carbocycles. The van der Waals surface area contributed by atoms with E-state index in [4.69, 9.17) is 0 Å². The summed E-state index contributed by atoms with van der Waals surface area (Å²) in [4.78, 5) is 0. The van der Waals surface area contributed by atoms with Crippen LogP contribution in [0.4, 0.5) is 0 Å². The van der Waals surface area contributed by atoms with Gasteiger partial charge in [-0.15, -0.1) is 0 Å². The highest BCUT2D eigenvalue weighted by Gasteiger charge is 2.58. The quantitative estimate of drug-likeness (QED) is 0.481. The summed E-state index contributed by atoms with van der Waals surface area (Å²) in [6, 6.07) is 0. The van der Waals surface area contributed by atoms with Crippen molar-refractivity contribution >= 4 is 0 Å². The maximum atomic E-state index is 10.3. The fraction of sp³-hybridized carbons (Fsp3) is 0.786. The van der Waals surface area contributed by atoms with Gasteiger partial charge in [0, 0.05) is 17.3 Å². The molecule has 4 rings (SSSR count). The Kier molecular flexibility index (Phi) is 5.90. The van der Waals surface area contributed by atoms with Crippen molar-refractivity contribution < 1.29 is 10.2 Å². The Bertz CT molecular complexity index is 725. The molecule has 0 bridgehead atoms. The second-order valence-corrected chi connectivity index (χ2v) is 12.0. The Morgan fingerprint density at radius 1 is 1.23 bits per heavy atom. The predicted octanol–water partition coefficient (Wildman–Crippen LogP) is 6.30. The molecule has 8 atom stereocenters. The maximum Gasteiger partial charge on any atom is 0.0651 e. The van der Waals surface area contributed by atoms with Crippen molar-refractivity contribution in [3.8, 4) is 0 Å². The molecule has 4 aliphatic carbocycles. The predicted molar refractivity (Wildman–Crippen MR) is 125 cm³/mol. The van der Waals surface area contributed by atoms with E-state index in [1.54, 1.807) is 5.57 Å². The van der Waals surface area contributed by atoms with Crippen molar-refractivity contribution in [1.82, 2.24) is 0 Å². The molecule has 0 radical (unpaired) electrons. The summed E-state index contributed by atoms with van der Waals surface area (Å²) in [5, 5.41) is 20.5. The summed E-state index contributed by atoms with van der Waals surface area (Å²) in [5.74, 6) is 3.22. The average Bonchev–Trinajstić information content (AvgIpc) is 3.05. The Labute approximate surface area is 184 Å². The van der Waals surface area contributed by atoms with Gasteiger partial charge in [0.25, 0.3) is 0 Å². The van der Waals surface area contributed by atoms with Crippen LogP contribution in [-0.2, 0) is 0 Å². The minimum atomic E-state index is -0.660. The van der Waals surface area contributed by atoms with Crippen molar-refractivity contribution in [3.05, 3.63) is 36.0 Å². The zero-order valence-corrected chi connectivity index (χ0v) is 19.9. The van der Waals surface area contributed by atoms with Crippen LogP contribution >= 0.6 is 0 Å². The van der Waals surface area contributed by atoms with E-state index >= 15 is 0 Å². The van der Waals surface area contributed by atoms with Crippen LogP contribution in [0, 0.1) is 46.3 Å². The summed E-state index contributed by atoms with van der Waals surface area (Å²) in [6.07, 6.45) is 20.9. The highest BCUT2D eigenvalue weighted by molar-refractivity contribution is 5.30. The van der Waals surface area contributed by atoms with E-state index in [1.165, 1.54) is 44.9 Å². The van der Waals surface area contributed by atoms with Gasteiger partial charge in [-0.2, -0.15) is 0 Å². The highest BCUT2D eigenvalue weighted by Crippen LogP contribution is 2.65. The maximum absolute atomic E-state index is 10.3. The van der Waals surface area contributed by atoms with Crippen LogP contribution in [0.2, 0.25) is 0 Å². The molecule has 0 aromatic heterocycles. The third-order valence-electron chi connectivity index (χ3n) is 9.84. The molecule has 0 spiro atoms. The van der Waals surface area contributed by atoms with E-state index in [2.05, 4.69) is 51.2 Å². The summed E-state index contributed by atoms with van der Waals surface area (Å²) in [5.41, 5.74) is 1.66. The van der Waals surface area contributed by atoms with Crippen LogP contribution in [0.5, 0.6) is 0 Å². The molecular weight excluding hydrogens is 368 g/mol. The standard InChI is InChI=1S/C28H44O2/c1-19(10-11-20(2)26(3,4)30)24-12-13-25-21(8-6-14-27(24,25)5)16-23(18-29)28-15-7-9-22(28)17-28/h7,10-11,15-16,19-20,22-25,29-30H,6,8-9,12-14,17-18H2,1-5H3/t19-,20+,22-,23+,24-,25+,27-,28-/m1/s1. The second-order valence-electron chi connectivity index (χ2n) is 12.0. The molecule has 3 fully saturated rings. The van der Waals surface area contributed by atoms with Crippen molar-refractivity contribution in [2.75, 3.05) is 6.61 Å². The second kappa shape index (κ2) is 7.93.